The van der Waals surface area contributed by atoms with Crippen molar-refractivity contribution in [3.63, 3.8) is 0 Å². The Bertz CT molecular complexity index is 1560. The van der Waals surface area contributed by atoms with Crippen molar-refractivity contribution in [2.24, 2.45) is 7.05 Å². The molecule has 2 heterocycles. The van der Waals surface area contributed by atoms with Gasteiger partial charge in [0.2, 0.25) is 0 Å². The number of aryl methyl sites for hydroxylation is 1. The van der Waals surface area contributed by atoms with Gasteiger partial charge in [-0.2, -0.15) is 0 Å². The number of rotatable bonds is 5. The minimum atomic E-state index is -0.490. The SMILES string of the molecule is COc1ccccc1-n1c(=O)n(C2CC2)c(=O)c2c(Nc3ccc(Br)cc3)cc(=O)n(C)c21. The van der Waals surface area contributed by atoms with Crippen LogP contribution in [0.1, 0.15) is 18.9 Å². The summed E-state index contributed by atoms with van der Waals surface area (Å²) in [6.07, 6.45) is 1.52. The van der Waals surface area contributed by atoms with Crippen LogP contribution < -0.4 is 26.9 Å². The molecule has 0 aliphatic heterocycles. The lowest BCUT2D eigenvalue weighted by Crippen LogP contribution is -2.41. The van der Waals surface area contributed by atoms with Gasteiger partial charge in [0.05, 0.1) is 18.5 Å². The van der Waals surface area contributed by atoms with Gasteiger partial charge in [-0.25, -0.2) is 9.36 Å². The Morgan fingerprint density at radius 1 is 1.03 bits per heavy atom. The average Bonchev–Trinajstić information content (AvgIpc) is 3.64. The summed E-state index contributed by atoms with van der Waals surface area (Å²) in [5.74, 6) is 0.459. The second-order valence-electron chi connectivity index (χ2n) is 7.98. The van der Waals surface area contributed by atoms with E-state index in [1.807, 2.05) is 24.3 Å². The van der Waals surface area contributed by atoms with E-state index in [-0.39, 0.29) is 22.6 Å². The number of aromatic nitrogens is 3. The molecule has 168 valence electrons. The first-order chi connectivity index (χ1) is 15.9. The second-order valence-corrected chi connectivity index (χ2v) is 8.90. The number of nitrogens with zero attached hydrogens (tertiary/aromatic N) is 3. The number of pyridine rings is 1. The van der Waals surface area contributed by atoms with Gasteiger partial charge in [-0.05, 0) is 49.2 Å². The number of methoxy groups -OCH3 is 1. The number of fused-ring (bicyclic) bond motifs is 1. The third-order valence-electron chi connectivity index (χ3n) is 5.81. The third-order valence-corrected chi connectivity index (χ3v) is 6.34. The van der Waals surface area contributed by atoms with Crippen molar-refractivity contribution in [2.75, 3.05) is 12.4 Å². The van der Waals surface area contributed by atoms with Crippen LogP contribution in [-0.4, -0.2) is 20.8 Å². The first-order valence-corrected chi connectivity index (χ1v) is 11.3. The molecule has 2 aromatic carbocycles. The summed E-state index contributed by atoms with van der Waals surface area (Å²) in [5, 5.41) is 3.46. The molecule has 0 atom stereocenters. The standard InChI is InChI=1S/C24H21BrN4O4/c1-27-20(30)13-17(26-15-9-7-14(25)8-10-15)21-22(27)29(18-5-3-4-6-19(18)33-2)24(32)28(23(21)31)16-11-12-16/h3-10,13,16,26H,11-12H2,1-2H3. The minimum absolute atomic E-state index is 0.159. The molecule has 4 aromatic rings. The number of benzene rings is 2. The molecule has 8 nitrogen and oxygen atoms in total. The number of hydrogen-bond acceptors (Lipinski definition) is 5. The van der Waals surface area contributed by atoms with Gasteiger partial charge in [0.25, 0.3) is 11.1 Å². The molecule has 1 N–H and O–H groups in total. The van der Waals surface area contributed by atoms with Gasteiger partial charge in [-0.15, -0.1) is 0 Å². The van der Waals surface area contributed by atoms with Crippen molar-refractivity contribution in [3.05, 3.63) is 90.3 Å². The summed E-state index contributed by atoms with van der Waals surface area (Å²) in [6, 6.07) is 15.7. The highest BCUT2D eigenvalue weighted by Gasteiger charge is 2.31. The Morgan fingerprint density at radius 2 is 1.73 bits per heavy atom. The molecule has 0 unspecified atom stereocenters. The molecule has 1 saturated carbocycles. The van der Waals surface area contributed by atoms with E-state index in [0.29, 0.717) is 22.8 Å². The Balaban J connectivity index is 1.92. The predicted octanol–water partition coefficient (Wildman–Crippen LogP) is 3.70. The molecule has 1 aliphatic rings. The van der Waals surface area contributed by atoms with Crippen LogP contribution in [0.3, 0.4) is 0 Å². The summed E-state index contributed by atoms with van der Waals surface area (Å²) in [6.45, 7) is 0. The molecule has 9 heteroatoms. The second kappa shape index (κ2) is 8.08. The number of hydrogen-bond donors (Lipinski definition) is 1. The van der Waals surface area contributed by atoms with Gasteiger partial charge in [0.1, 0.15) is 16.8 Å². The van der Waals surface area contributed by atoms with E-state index < -0.39 is 11.2 Å². The van der Waals surface area contributed by atoms with E-state index in [1.165, 1.54) is 26.9 Å². The van der Waals surface area contributed by atoms with Gasteiger partial charge >= 0.3 is 5.69 Å². The molecule has 0 bridgehead atoms. The van der Waals surface area contributed by atoms with Gasteiger partial charge in [0, 0.05) is 29.3 Å². The van der Waals surface area contributed by atoms with Crippen LogP contribution >= 0.6 is 15.9 Å². The van der Waals surface area contributed by atoms with Crippen molar-refractivity contribution in [1.29, 1.82) is 0 Å². The van der Waals surface area contributed by atoms with Crippen molar-refractivity contribution in [1.82, 2.24) is 13.7 Å². The number of anilines is 2. The molecule has 1 fully saturated rings. The number of halogens is 1. The van der Waals surface area contributed by atoms with E-state index >= 15 is 0 Å². The molecular weight excluding hydrogens is 488 g/mol. The summed E-state index contributed by atoms with van der Waals surface area (Å²) < 4.78 is 10.4. The molecule has 0 amide bonds. The lowest BCUT2D eigenvalue weighted by molar-refractivity contribution is 0.412. The summed E-state index contributed by atoms with van der Waals surface area (Å²) in [5.41, 5.74) is 0.459. The molecule has 0 radical (unpaired) electrons. The Morgan fingerprint density at radius 3 is 2.39 bits per heavy atom. The molecular formula is C24H21BrN4O4. The number of nitrogens with one attached hydrogen (secondary N) is 1. The highest BCUT2D eigenvalue weighted by Crippen LogP contribution is 2.34. The normalized spacial score (nSPS) is 13.3. The molecule has 0 spiro atoms. The molecule has 2 aromatic heterocycles. The van der Waals surface area contributed by atoms with Crippen LogP contribution in [0.2, 0.25) is 0 Å². The van der Waals surface area contributed by atoms with E-state index in [0.717, 1.165) is 17.3 Å². The Hall–Kier alpha value is -3.59. The first kappa shape index (κ1) is 21.3. The molecule has 0 saturated heterocycles. The zero-order valence-electron chi connectivity index (χ0n) is 18.0. The van der Waals surface area contributed by atoms with Crippen molar-refractivity contribution < 1.29 is 4.74 Å². The van der Waals surface area contributed by atoms with Crippen molar-refractivity contribution in [3.8, 4) is 11.4 Å². The fraction of sp³-hybridized carbons (Fsp3) is 0.208. The van der Waals surface area contributed by atoms with Crippen LogP contribution in [0.5, 0.6) is 5.75 Å². The highest BCUT2D eigenvalue weighted by atomic mass is 79.9. The maximum Gasteiger partial charge on any atom is 0.337 e. The smallest absolute Gasteiger partial charge is 0.337 e. The van der Waals surface area contributed by atoms with Gasteiger partial charge in [-0.3, -0.25) is 18.7 Å². The zero-order chi connectivity index (χ0) is 23.3. The predicted molar refractivity (Wildman–Crippen MR) is 131 cm³/mol. The first-order valence-electron chi connectivity index (χ1n) is 10.5. The lowest BCUT2D eigenvalue weighted by Gasteiger charge is -2.20. The summed E-state index contributed by atoms with van der Waals surface area (Å²) >= 11 is 3.41. The van der Waals surface area contributed by atoms with Gasteiger partial charge < -0.3 is 10.1 Å². The quantitative estimate of drug-likeness (QED) is 0.444. The topological polar surface area (TPSA) is 87.3 Å². The lowest BCUT2D eigenvalue weighted by atomic mass is 10.2. The van der Waals surface area contributed by atoms with Crippen LogP contribution in [0.25, 0.3) is 16.7 Å². The van der Waals surface area contributed by atoms with E-state index in [1.54, 1.807) is 31.3 Å². The Kier molecular flexibility index (Phi) is 5.20. The summed E-state index contributed by atoms with van der Waals surface area (Å²) in [7, 11) is 3.07. The van der Waals surface area contributed by atoms with E-state index in [4.69, 9.17) is 4.74 Å². The van der Waals surface area contributed by atoms with E-state index in [2.05, 4.69) is 21.2 Å². The van der Waals surface area contributed by atoms with Crippen molar-refractivity contribution in [2.45, 2.75) is 18.9 Å². The fourth-order valence-electron chi connectivity index (χ4n) is 4.04. The average molecular weight is 509 g/mol. The van der Waals surface area contributed by atoms with Crippen LogP contribution in [0.15, 0.2) is 73.5 Å². The number of para-hydroxylation sites is 2. The molecule has 5 rings (SSSR count). The van der Waals surface area contributed by atoms with Gasteiger partial charge in [0.15, 0.2) is 0 Å². The molecule has 33 heavy (non-hydrogen) atoms. The highest BCUT2D eigenvalue weighted by molar-refractivity contribution is 9.10. The monoisotopic (exact) mass is 508 g/mol. The zero-order valence-corrected chi connectivity index (χ0v) is 19.6. The van der Waals surface area contributed by atoms with Crippen molar-refractivity contribution >= 4 is 38.3 Å². The van der Waals surface area contributed by atoms with Crippen LogP contribution in [0.4, 0.5) is 11.4 Å². The van der Waals surface area contributed by atoms with Crippen LogP contribution in [-0.2, 0) is 7.05 Å². The maximum absolute atomic E-state index is 13.7. The largest absolute Gasteiger partial charge is 0.495 e. The molecule has 1 aliphatic carbocycles. The third kappa shape index (κ3) is 3.58. The fourth-order valence-corrected chi connectivity index (χ4v) is 4.30. The van der Waals surface area contributed by atoms with E-state index in [9.17, 15) is 14.4 Å². The minimum Gasteiger partial charge on any atom is -0.495 e. The Labute approximate surface area is 196 Å². The summed E-state index contributed by atoms with van der Waals surface area (Å²) in [4.78, 5) is 40.3. The van der Waals surface area contributed by atoms with Crippen LogP contribution in [0, 0.1) is 0 Å². The van der Waals surface area contributed by atoms with Gasteiger partial charge in [-0.1, -0.05) is 28.1 Å². The number of ether oxygens (including phenoxy) is 1. The maximum atomic E-state index is 13.7.